The number of benzene rings is 2. The zero-order valence-corrected chi connectivity index (χ0v) is 15.4. The van der Waals surface area contributed by atoms with Crippen molar-refractivity contribution >= 4 is 41.0 Å². The quantitative estimate of drug-likeness (QED) is 0.342. The zero-order chi connectivity index (χ0) is 20.0. The molecule has 0 saturated heterocycles. The van der Waals surface area contributed by atoms with Gasteiger partial charge in [0.15, 0.2) is 0 Å². The molecule has 0 saturated carbocycles. The smallest absolute Gasteiger partial charge is 0.272 e. The predicted octanol–water partition coefficient (Wildman–Crippen LogP) is 3.34. The van der Waals surface area contributed by atoms with Crippen LogP contribution >= 0.6 is 11.6 Å². The minimum atomic E-state index is -0.622. The van der Waals surface area contributed by atoms with E-state index in [4.69, 9.17) is 11.6 Å². The van der Waals surface area contributed by atoms with Gasteiger partial charge in [-0.25, -0.2) is 5.43 Å². The van der Waals surface area contributed by atoms with E-state index in [1.807, 2.05) is 6.92 Å². The Morgan fingerprint density at radius 1 is 1.15 bits per heavy atom. The normalized spacial score (nSPS) is 10.6. The van der Waals surface area contributed by atoms with Crippen LogP contribution in [0.5, 0.6) is 0 Å². The summed E-state index contributed by atoms with van der Waals surface area (Å²) in [6.45, 7) is 3.46. The first kappa shape index (κ1) is 20.1. The molecular weight excluding hydrogens is 372 g/mol. The average molecular weight is 389 g/mol. The molecule has 27 heavy (non-hydrogen) atoms. The van der Waals surface area contributed by atoms with Crippen molar-refractivity contribution in [1.82, 2.24) is 5.43 Å². The van der Waals surface area contributed by atoms with E-state index in [-0.39, 0.29) is 5.69 Å². The van der Waals surface area contributed by atoms with Crippen LogP contribution in [-0.4, -0.2) is 23.0 Å². The van der Waals surface area contributed by atoms with E-state index in [2.05, 4.69) is 15.8 Å². The van der Waals surface area contributed by atoms with E-state index in [1.165, 1.54) is 12.3 Å². The van der Waals surface area contributed by atoms with Crippen LogP contribution in [0, 0.1) is 24.0 Å². The summed E-state index contributed by atoms with van der Waals surface area (Å²) in [5.41, 5.74) is 4.50. The third-order valence-corrected chi connectivity index (χ3v) is 4.02. The second kappa shape index (κ2) is 8.91. The molecule has 2 aromatic rings. The summed E-state index contributed by atoms with van der Waals surface area (Å²) in [4.78, 5) is 34.0. The number of nitrogens with one attached hydrogen (secondary N) is 2. The summed E-state index contributed by atoms with van der Waals surface area (Å²) in [6.07, 6.45) is 0.832. The molecule has 0 aliphatic rings. The minimum Gasteiger partial charge on any atom is -0.326 e. The van der Waals surface area contributed by atoms with Crippen molar-refractivity contribution < 1.29 is 14.5 Å². The third-order valence-electron chi connectivity index (χ3n) is 3.61. The van der Waals surface area contributed by atoms with Crippen LogP contribution < -0.4 is 10.7 Å². The fraction of sp³-hybridized carbons (Fsp3) is 0.167. The van der Waals surface area contributed by atoms with Crippen molar-refractivity contribution in [3.8, 4) is 0 Å². The van der Waals surface area contributed by atoms with Crippen LogP contribution in [0.3, 0.4) is 0 Å². The molecule has 0 fully saturated rings. The lowest BCUT2D eigenvalue weighted by molar-refractivity contribution is -0.385. The first-order valence-electron chi connectivity index (χ1n) is 7.89. The highest BCUT2D eigenvalue weighted by molar-refractivity contribution is 6.31. The number of aryl methyl sites for hydroxylation is 2. The number of amides is 2. The molecule has 2 aromatic carbocycles. The van der Waals surface area contributed by atoms with Gasteiger partial charge >= 0.3 is 0 Å². The monoisotopic (exact) mass is 388 g/mol. The summed E-state index contributed by atoms with van der Waals surface area (Å²) in [6, 6.07) is 9.59. The van der Waals surface area contributed by atoms with Crippen LogP contribution in [0.4, 0.5) is 11.4 Å². The van der Waals surface area contributed by atoms with Gasteiger partial charge in [0.05, 0.1) is 11.1 Å². The van der Waals surface area contributed by atoms with Gasteiger partial charge in [0, 0.05) is 27.9 Å². The SMILES string of the molecule is Cc1ccc(NC(=O)CC(=O)NN=Cc2ccc(C)c([N+](=O)[O-])c2)cc1Cl. The fourth-order valence-electron chi connectivity index (χ4n) is 2.14. The van der Waals surface area contributed by atoms with Crippen molar-refractivity contribution in [2.75, 3.05) is 5.32 Å². The Bertz CT molecular complexity index is 928. The standard InChI is InChI=1S/C18H17ClN4O4/c1-11-4-6-14(8-15(11)19)21-17(24)9-18(25)22-20-10-13-5-3-12(2)16(7-13)23(26)27/h3-8,10H,9H2,1-2H3,(H,21,24)(H,22,25). The molecule has 0 spiro atoms. The van der Waals surface area contributed by atoms with Gasteiger partial charge < -0.3 is 5.32 Å². The summed E-state index contributed by atoms with van der Waals surface area (Å²) in [7, 11) is 0. The number of hydrogen-bond donors (Lipinski definition) is 2. The Hall–Kier alpha value is -3.26. The number of nitrogens with zero attached hydrogens (tertiary/aromatic N) is 2. The molecule has 2 N–H and O–H groups in total. The largest absolute Gasteiger partial charge is 0.326 e. The highest BCUT2D eigenvalue weighted by Gasteiger charge is 2.11. The van der Waals surface area contributed by atoms with Crippen molar-refractivity contribution in [2.45, 2.75) is 20.3 Å². The van der Waals surface area contributed by atoms with Crippen molar-refractivity contribution in [3.63, 3.8) is 0 Å². The molecule has 0 aliphatic heterocycles. The summed E-state index contributed by atoms with van der Waals surface area (Å²) in [5, 5.41) is 17.7. The molecule has 9 heteroatoms. The van der Waals surface area contributed by atoms with E-state index in [9.17, 15) is 19.7 Å². The fourth-order valence-corrected chi connectivity index (χ4v) is 2.32. The summed E-state index contributed by atoms with van der Waals surface area (Å²) >= 11 is 5.98. The van der Waals surface area contributed by atoms with Crippen LogP contribution in [0.2, 0.25) is 5.02 Å². The van der Waals surface area contributed by atoms with Gasteiger partial charge in [-0.1, -0.05) is 29.8 Å². The number of hydrazone groups is 1. The van der Waals surface area contributed by atoms with E-state index in [0.717, 1.165) is 5.56 Å². The highest BCUT2D eigenvalue weighted by atomic mass is 35.5. The molecule has 0 aromatic heterocycles. The van der Waals surface area contributed by atoms with Gasteiger partial charge in [0.25, 0.3) is 5.69 Å². The number of carbonyl (C=O) groups excluding carboxylic acids is 2. The topological polar surface area (TPSA) is 114 Å². The van der Waals surface area contributed by atoms with Gasteiger partial charge in [-0.05, 0) is 31.5 Å². The van der Waals surface area contributed by atoms with Gasteiger partial charge in [0.2, 0.25) is 11.8 Å². The van der Waals surface area contributed by atoms with Crippen molar-refractivity contribution in [3.05, 3.63) is 68.2 Å². The van der Waals surface area contributed by atoms with E-state index < -0.39 is 23.2 Å². The van der Waals surface area contributed by atoms with E-state index in [1.54, 1.807) is 37.3 Å². The predicted molar refractivity (Wildman–Crippen MR) is 103 cm³/mol. The maximum Gasteiger partial charge on any atom is 0.272 e. The number of anilines is 1. The second-order valence-electron chi connectivity index (χ2n) is 5.79. The first-order chi connectivity index (χ1) is 12.8. The van der Waals surface area contributed by atoms with Crippen molar-refractivity contribution in [2.24, 2.45) is 5.10 Å². The Morgan fingerprint density at radius 2 is 1.85 bits per heavy atom. The van der Waals surface area contributed by atoms with Crippen LogP contribution in [-0.2, 0) is 9.59 Å². The molecular formula is C18H17ClN4O4. The maximum absolute atomic E-state index is 11.9. The van der Waals surface area contributed by atoms with Gasteiger partial charge in [0.1, 0.15) is 6.42 Å². The van der Waals surface area contributed by atoms with Gasteiger partial charge in [-0.2, -0.15) is 5.10 Å². The van der Waals surface area contributed by atoms with Crippen LogP contribution in [0.1, 0.15) is 23.1 Å². The maximum atomic E-state index is 11.9. The molecule has 0 radical (unpaired) electrons. The Balaban J connectivity index is 1.89. The Kier molecular flexibility index (Phi) is 6.62. The molecule has 2 rings (SSSR count). The zero-order valence-electron chi connectivity index (χ0n) is 14.7. The number of nitro benzene ring substituents is 1. The third kappa shape index (κ3) is 5.89. The number of rotatable bonds is 6. The molecule has 0 aliphatic carbocycles. The van der Waals surface area contributed by atoms with Gasteiger partial charge in [-0.3, -0.25) is 19.7 Å². The van der Waals surface area contributed by atoms with Crippen LogP contribution in [0.15, 0.2) is 41.5 Å². The summed E-state index contributed by atoms with van der Waals surface area (Å²) in [5.74, 6) is -1.14. The molecule has 8 nitrogen and oxygen atoms in total. The van der Waals surface area contributed by atoms with Gasteiger partial charge in [-0.15, -0.1) is 0 Å². The lowest BCUT2D eigenvalue weighted by Gasteiger charge is -2.06. The molecule has 0 unspecified atom stereocenters. The molecule has 0 heterocycles. The van der Waals surface area contributed by atoms with E-state index >= 15 is 0 Å². The Morgan fingerprint density at radius 3 is 2.52 bits per heavy atom. The number of halogens is 1. The van der Waals surface area contributed by atoms with E-state index in [0.29, 0.717) is 21.8 Å². The lowest BCUT2D eigenvalue weighted by Crippen LogP contribution is -2.24. The summed E-state index contributed by atoms with van der Waals surface area (Å²) < 4.78 is 0. The number of carbonyl (C=O) groups is 2. The number of hydrogen-bond acceptors (Lipinski definition) is 5. The molecule has 0 bridgehead atoms. The second-order valence-corrected chi connectivity index (χ2v) is 6.19. The Labute approximate surface area is 160 Å². The molecule has 2 amide bonds. The minimum absolute atomic E-state index is 0.0404. The average Bonchev–Trinajstić information content (AvgIpc) is 2.59. The highest BCUT2D eigenvalue weighted by Crippen LogP contribution is 2.20. The molecule has 0 atom stereocenters. The lowest BCUT2D eigenvalue weighted by atomic mass is 10.1. The number of nitro groups is 1. The van der Waals surface area contributed by atoms with Crippen LogP contribution in [0.25, 0.3) is 0 Å². The molecule has 140 valence electrons. The van der Waals surface area contributed by atoms with Crippen molar-refractivity contribution in [1.29, 1.82) is 0 Å². The first-order valence-corrected chi connectivity index (χ1v) is 8.27.